The molecule has 0 aromatic rings. The van der Waals surface area contributed by atoms with Crippen LogP contribution in [0, 0.1) is 0 Å². The van der Waals surface area contributed by atoms with Gasteiger partial charge in [0.15, 0.2) is 0 Å². The van der Waals surface area contributed by atoms with Crippen molar-refractivity contribution >= 4 is 45.4 Å². The Kier molecular flexibility index (Phi) is 12.1. The highest BCUT2D eigenvalue weighted by Gasteiger charge is 2.38. The van der Waals surface area contributed by atoms with Gasteiger partial charge in [-0.2, -0.15) is 13.2 Å². The third-order valence-corrected chi connectivity index (χ3v) is 4.25. The Morgan fingerprint density at radius 1 is 1.04 bits per heavy atom. The van der Waals surface area contributed by atoms with Gasteiger partial charge in [0.25, 0.3) is 0 Å². The molecular weight excluding hydrogens is 381 g/mol. The van der Waals surface area contributed by atoms with Crippen LogP contribution in [-0.2, 0) is 19.2 Å². The molecule has 0 heterocycles. The van der Waals surface area contributed by atoms with Crippen LogP contribution in [0.1, 0.15) is 6.92 Å². The molecule has 24 heavy (non-hydrogen) atoms. The Balaban J connectivity index is 0. The predicted molar refractivity (Wildman–Crippen MR) is 79.5 cm³/mol. The molecule has 14 heteroatoms. The van der Waals surface area contributed by atoms with Crippen molar-refractivity contribution in [3.63, 3.8) is 0 Å². The summed E-state index contributed by atoms with van der Waals surface area (Å²) in [7, 11) is 2.31. The minimum Gasteiger partial charge on any atom is -0.480 e. The van der Waals surface area contributed by atoms with E-state index < -0.39 is 42.1 Å². The number of rotatable bonds is 8. The molecule has 0 aliphatic heterocycles. The molecule has 9 nitrogen and oxygen atoms in total. The van der Waals surface area contributed by atoms with E-state index in [1.165, 1.54) is 6.92 Å². The summed E-state index contributed by atoms with van der Waals surface area (Å²) in [6.07, 6.45) is -5.08. The van der Waals surface area contributed by atoms with Crippen molar-refractivity contribution in [2.45, 2.75) is 25.2 Å². The zero-order chi connectivity index (χ0) is 19.5. The highest BCUT2D eigenvalue weighted by molar-refractivity contribution is 8.76. The number of halogens is 3. The largest absolute Gasteiger partial charge is 0.490 e. The topological polar surface area (TPSA) is 167 Å². The lowest BCUT2D eigenvalue weighted by Gasteiger charge is -2.12. The number of hydrogen-bond acceptors (Lipinski definition) is 7. The fourth-order valence-corrected chi connectivity index (χ4v) is 3.00. The van der Waals surface area contributed by atoms with Gasteiger partial charge in [0.05, 0.1) is 0 Å². The van der Waals surface area contributed by atoms with Gasteiger partial charge in [0, 0.05) is 18.4 Å². The second-order valence-corrected chi connectivity index (χ2v) is 6.46. The zero-order valence-corrected chi connectivity index (χ0v) is 13.7. The van der Waals surface area contributed by atoms with Crippen LogP contribution in [0.2, 0.25) is 0 Å². The smallest absolute Gasteiger partial charge is 0.480 e. The molecule has 0 spiro atoms. The summed E-state index contributed by atoms with van der Waals surface area (Å²) in [4.78, 5) is 40.7. The molecule has 140 valence electrons. The minimum absolute atomic E-state index is 0.145. The van der Waals surface area contributed by atoms with E-state index >= 15 is 0 Å². The first kappa shape index (κ1) is 24.6. The average Bonchev–Trinajstić information content (AvgIpc) is 2.40. The molecule has 0 saturated carbocycles. The van der Waals surface area contributed by atoms with E-state index in [1.807, 2.05) is 0 Å². The van der Waals surface area contributed by atoms with Crippen molar-refractivity contribution in [1.82, 2.24) is 5.32 Å². The maximum atomic E-state index is 10.7. The van der Waals surface area contributed by atoms with E-state index in [4.69, 9.17) is 25.8 Å². The first-order valence-corrected chi connectivity index (χ1v) is 8.30. The van der Waals surface area contributed by atoms with Gasteiger partial charge in [-0.1, -0.05) is 21.6 Å². The van der Waals surface area contributed by atoms with Crippen molar-refractivity contribution in [3.8, 4) is 0 Å². The maximum absolute atomic E-state index is 10.7. The molecule has 0 aromatic carbocycles. The summed E-state index contributed by atoms with van der Waals surface area (Å²) in [5.74, 6) is -5.10. The molecular formula is C10H15F3N2O7S2. The van der Waals surface area contributed by atoms with Gasteiger partial charge in [-0.15, -0.1) is 0 Å². The van der Waals surface area contributed by atoms with Crippen LogP contribution in [-0.4, -0.2) is 68.9 Å². The highest BCUT2D eigenvalue weighted by atomic mass is 33.1. The number of nitrogens with one attached hydrogen (secondary N) is 1. The molecule has 0 unspecified atom stereocenters. The van der Waals surface area contributed by atoms with E-state index in [9.17, 15) is 27.6 Å². The zero-order valence-electron chi connectivity index (χ0n) is 12.1. The number of carbonyl (C=O) groups excluding carboxylic acids is 1. The molecule has 0 radical (unpaired) electrons. The molecule has 0 saturated heterocycles. The van der Waals surface area contributed by atoms with E-state index in [2.05, 4.69) is 5.32 Å². The van der Waals surface area contributed by atoms with Crippen LogP contribution in [0.4, 0.5) is 13.2 Å². The van der Waals surface area contributed by atoms with Crippen LogP contribution < -0.4 is 11.1 Å². The molecule has 6 N–H and O–H groups in total. The summed E-state index contributed by atoms with van der Waals surface area (Å²) < 4.78 is 31.7. The number of aliphatic carboxylic acids is 3. The van der Waals surface area contributed by atoms with Gasteiger partial charge in [-0.05, 0) is 0 Å². The Bertz CT molecular complexity index is 462. The van der Waals surface area contributed by atoms with E-state index in [0.717, 1.165) is 21.6 Å². The molecule has 0 aliphatic carbocycles. The van der Waals surface area contributed by atoms with Gasteiger partial charge < -0.3 is 26.4 Å². The summed E-state index contributed by atoms with van der Waals surface area (Å²) >= 11 is 0. The van der Waals surface area contributed by atoms with Crippen LogP contribution in [0.3, 0.4) is 0 Å². The van der Waals surface area contributed by atoms with Crippen molar-refractivity contribution in [1.29, 1.82) is 0 Å². The molecule has 2 atom stereocenters. The number of carbonyl (C=O) groups is 4. The van der Waals surface area contributed by atoms with Crippen LogP contribution >= 0.6 is 21.6 Å². The molecule has 0 fully saturated rings. The van der Waals surface area contributed by atoms with Crippen molar-refractivity contribution in [2.24, 2.45) is 5.73 Å². The summed E-state index contributed by atoms with van der Waals surface area (Å²) in [5, 5.41) is 26.7. The predicted octanol–water partition coefficient (Wildman–Crippen LogP) is 0.00230. The van der Waals surface area contributed by atoms with Gasteiger partial charge in [0.1, 0.15) is 12.1 Å². The van der Waals surface area contributed by atoms with Crippen molar-refractivity contribution < 1.29 is 47.7 Å². The minimum atomic E-state index is -5.08. The second-order valence-electron chi connectivity index (χ2n) is 3.91. The third-order valence-electron chi connectivity index (χ3n) is 1.80. The fourth-order valence-electron chi connectivity index (χ4n) is 0.729. The van der Waals surface area contributed by atoms with Crippen LogP contribution in [0.25, 0.3) is 0 Å². The van der Waals surface area contributed by atoms with Gasteiger partial charge >= 0.3 is 24.1 Å². The molecule has 1 amide bonds. The Morgan fingerprint density at radius 3 is 1.75 bits per heavy atom. The Hall–Kier alpha value is -1.67. The number of nitrogens with two attached hydrogens (primary N) is 1. The summed E-state index contributed by atoms with van der Waals surface area (Å²) in [5.41, 5.74) is 5.25. The van der Waals surface area contributed by atoms with Gasteiger partial charge in [0.2, 0.25) is 5.91 Å². The SMILES string of the molecule is CC(=O)N[C@@H](CSSC[C@H](N)C(=O)O)C(=O)O.O=C(O)C(F)(F)F. The summed E-state index contributed by atoms with van der Waals surface area (Å²) in [6, 6.07) is -1.96. The highest BCUT2D eigenvalue weighted by Crippen LogP contribution is 2.22. The van der Waals surface area contributed by atoms with Gasteiger partial charge in [-0.25, -0.2) is 9.59 Å². The molecule has 0 bridgehead atoms. The van der Waals surface area contributed by atoms with E-state index in [1.54, 1.807) is 0 Å². The average molecular weight is 396 g/mol. The lowest BCUT2D eigenvalue weighted by Crippen LogP contribution is -2.41. The molecule has 0 aromatic heterocycles. The maximum Gasteiger partial charge on any atom is 0.490 e. The second kappa shape index (κ2) is 11.8. The number of hydrogen-bond donors (Lipinski definition) is 5. The van der Waals surface area contributed by atoms with Crippen molar-refractivity contribution in [3.05, 3.63) is 0 Å². The normalized spacial score (nSPS) is 13.0. The molecule has 0 aliphatic rings. The number of carboxylic acid groups (broad SMARTS) is 3. The number of alkyl halides is 3. The van der Waals surface area contributed by atoms with Crippen molar-refractivity contribution in [2.75, 3.05) is 11.5 Å². The Labute approximate surface area is 141 Å². The van der Waals surface area contributed by atoms with E-state index in [-0.39, 0.29) is 11.5 Å². The molecule has 0 rings (SSSR count). The lowest BCUT2D eigenvalue weighted by molar-refractivity contribution is -0.192. The third kappa shape index (κ3) is 14.0. The standard InChI is InChI=1S/C8H14N2O5S2.C2HF3O2/c1-4(11)10-6(8(14)15)3-17-16-2-5(9)7(12)13;3-2(4,5)1(6)7/h5-6H,2-3,9H2,1H3,(H,10,11)(H,12,13)(H,14,15);(H,6,7)/t5-,6-;/m0./s1. The quantitative estimate of drug-likeness (QED) is 0.278. The van der Waals surface area contributed by atoms with E-state index in [0.29, 0.717) is 0 Å². The van der Waals surface area contributed by atoms with Crippen LogP contribution in [0.15, 0.2) is 0 Å². The number of amides is 1. The summed E-state index contributed by atoms with van der Waals surface area (Å²) in [6.45, 7) is 1.23. The van der Waals surface area contributed by atoms with Gasteiger partial charge in [-0.3, -0.25) is 9.59 Å². The Morgan fingerprint density at radius 2 is 1.46 bits per heavy atom. The monoisotopic (exact) mass is 396 g/mol. The lowest BCUT2D eigenvalue weighted by atomic mass is 10.3. The van der Waals surface area contributed by atoms with Crippen LogP contribution in [0.5, 0.6) is 0 Å². The first-order valence-electron chi connectivity index (χ1n) is 5.81. The fraction of sp³-hybridized carbons (Fsp3) is 0.600. The number of carboxylic acids is 3. The first-order chi connectivity index (χ1) is 10.8.